The van der Waals surface area contributed by atoms with Crippen molar-refractivity contribution in [3.8, 4) is 0 Å². The number of hydrogen-bond acceptors (Lipinski definition) is 3. The minimum absolute atomic E-state index is 0.0462. The minimum atomic E-state index is -3.45. The Kier molecular flexibility index (Phi) is 5.58. The molecule has 22 heavy (non-hydrogen) atoms. The fourth-order valence-electron chi connectivity index (χ4n) is 2.20. The van der Waals surface area contributed by atoms with Crippen LogP contribution in [-0.4, -0.2) is 38.4 Å². The van der Waals surface area contributed by atoms with Gasteiger partial charge in [-0.15, -0.1) is 0 Å². The molecular weight excluding hydrogens is 300 g/mol. The summed E-state index contributed by atoms with van der Waals surface area (Å²) in [4.78, 5) is 14.4. The van der Waals surface area contributed by atoms with E-state index in [9.17, 15) is 13.2 Å². The van der Waals surface area contributed by atoms with Gasteiger partial charge in [-0.05, 0) is 50.5 Å². The highest BCUT2D eigenvalue weighted by Gasteiger charge is 2.28. The molecule has 1 aliphatic carbocycles. The number of carbonyl (C=O) groups excluding carboxylic acids is 1. The van der Waals surface area contributed by atoms with E-state index in [1.54, 1.807) is 17.0 Å². The van der Waals surface area contributed by atoms with Crippen LogP contribution in [0.4, 0.5) is 0 Å². The van der Waals surface area contributed by atoms with Crippen LogP contribution < -0.4 is 4.72 Å². The number of nitrogens with zero attached hydrogens (tertiary/aromatic N) is 1. The zero-order chi connectivity index (χ0) is 16.2. The smallest absolute Gasteiger partial charge is 0.253 e. The van der Waals surface area contributed by atoms with Gasteiger partial charge in [-0.2, -0.15) is 0 Å². The Morgan fingerprint density at radius 3 is 2.36 bits per heavy atom. The second-order valence-electron chi connectivity index (χ2n) is 5.66. The van der Waals surface area contributed by atoms with Gasteiger partial charge in [0.2, 0.25) is 10.0 Å². The van der Waals surface area contributed by atoms with Crippen molar-refractivity contribution in [2.24, 2.45) is 0 Å². The highest BCUT2D eigenvalue weighted by atomic mass is 32.2. The van der Waals surface area contributed by atoms with Crippen molar-refractivity contribution >= 4 is 15.9 Å². The van der Waals surface area contributed by atoms with E-state index in [1.807, 2.05) is 6.92 Å². The van der Waals surface area contributed by atoms with E-state index in [-0.39, 0.29) is 16.8 Å². The summed E-state index contributed by atoms with van der Waals surface area (Å²) in [6.45, 7) is 5.42. The van der Waals surface area contributed by atoms with Gasteiger partial charge in [0.15, 0.2) is 0 Å². The Hall–Kier alpha value is -1.40. The molecule has 0 atom stereocenters. The number of unbranched alkanes of at least 4 members (excludes halogenated alkanes) is 1. The summed E-state index contributed by atoms with van der Waals surface area (Å²) in [5.41, 5.74) is 0.531. The van der Waals surface area contributed by atoms with Gasteiger partial charge < -0.3 is 4.90 Å². The lowest BCUT2D eigenvalue weighted by atomic mass is 10.2. The van der Waals surface area contributed by atoms with Gasteiger partial charge in [0.1, 0.15) is 0 Å². The third-order valence-electron chi connectivity index (χ3n) is 3.76. The van der Waals surface area contributed by atoms with Crippen LogP contribution in [0.3, 0.4) is 0 Å². The zero-order valence-corrected chi connectivity index (χ0v) is 14.0. The first kappa shape index (κ1) is 17.0. The van der Waals surface area contributed by atoms with Gasteiger partial charge in [0.25, 0.3) is 5.91 Å². The van der Waals surface area contributed by atoms with Crippen molar-refractivity contribution in [2.45, 2.75) is 50.5 Å². The first-order chi connectivity index (χ1) is 10.5. The molecule has 1 amide bonds. The molecule has 1 saturated carbocycles. The second-order valence-corrected chi connectivity index (χ2v) is 7.37. The SMILES string of the molecule is CCCCN(CC)C(=O)c1ccc(S(=O)(=O)NC2CC2)cc1. The quantitative estimate of drug-likeness (QED) is 0.798. The van der Waals surface area contributed by atoms with E-state index < -0.39 is 10.0 Å². The van der Waals surface area contributed by atoms with Gasteiger partial charge in [0.05, 0.1) is 4.90 Å². The zero-order valence-electron chi connectivity index (χ0n) is 13.2. The maximum Gasteiger partial charge on any atom is 0.253 e. The standard InChI is InChI=1S/C16H24N2O3S/c1-3-5-12-18(4-2)16(19)13-6-10-15(11-7-13)22(20,21)17-14-8-9-14/h6-7,10-11,14,17H,3-5,8-9,12H2,1-2H3. The largest absolute Gasteiger partial charge is 0.339 e. The average molecular weight is 324 g/mol. The van der Waals surface area contributed by atoms with Gasteiger partial charge in [-0.1, -0.05) is 13.3 Å². The van der Waals surface area contributed by atoms with E-state index in [4.69, 9.17) is 0 Å². The van der Waals surface area contributed by atoms with Crippen molar-refractivity contribution in [2.75, 3.05) is 13.1 Å². The number of amides is 1. The normalized spacial score (nSPS) is 14.8. The van der Waals surface area contributed by atoms with E-state index >= 15 is 0 Å². The first-order valence-corrected chi connectivity index (χ1v) is 9.38. The van der Waals surface area contributed by atoms with Gasteiger partial charge in [-0.25, -0.2) is 13.1 Å². The molecule has 0 radical (unpaired) electrons. The molecule has 0 unspecified atom stereocenters. The summed E-state index contributed by atoms with van der Waals surface area (Å²) in [6.07, 6.45) is 3.81. The molecule has 0 heterocycles. The topological polar surface area (TPSA) is 66.5 Å². The van der Waals surface area contributed by atoms with Crippen LogP contribution in [0, 0.1) is 0 Å². The van der Waals surface area contributed by atoms with Crippen molar-refractivity contribution in [1.82, 2.24) is 9.62 Å². The summed E-state index contributed by atoms with van der Waals surface area (Å²) < 4.78 is 26.8. The number of carbonyl (C=O) groups is 1. The molecular formula is C16H24N2O3S. The lowest BCUT2D eigenvalue weighted by Gasteiger charge is -2.20. The summed E-state index contributed by atoms with van der Waals surface area (Å²) in [5, 5.41) is 0. The summed E-state index contributed by atoms with van der Waals surface area (Å²) in [7, 11) is -3.45. The predicted octanol–water partition coefficient (Wildman–Crippen LogP) is 2.39. The molecule has 0 bridgehead atoms. The predicted molar refractivity (Wildman–Crippen MR) is 86.3 cm³/mol. The lowest BCUT2D eigenvalue weighted by Crippen LogP contribution is -2.31. The Bertz CT molecular complexity index is 607. The molecule has 5 nitrogen and oxygen atoms in total. The summed E-state index contributed by atoms with van der Waals surface area (Å²) in [6, 6.07) is 6.28. The summed E-state index contributed by atoms with van der Waals surface area (Å²) in [5.74, 6) is -0.0462. The Balaban J connectivity index is 2.08. The maximum absolute atomic E-state index is 12.4. The molecule has 6 heteroatoms. The van der Waals surface area contributed by atoms with E-state index in [1.165, 1.54) is 12.1 Å². The van der Waals surface area contributed by atoms with Crippen molar-refractivity contribution in [3.05, 3.63) is 29.8 Å². The monoisotopic (exact) mass is 324 g/mol. The second kappa shape index (κ2) is 7.24. The molecule has 122 valence electrons. The van der Waals surface area contributed by atoms with Crippen LogP contribution in [-0.2, 0) is 10.0 Å². The molecule has 2 rings (SSSR count). The van der Waals surface area contributed by atoms with Crippen LogP contribution >= 0.6 is 0 Å². The number of rotatable bonds is 8. The van der Waals surface area contributed by atoms with Crippen LogP contribution in [0.15, 0.2) is 29.2 Å². The van der Waals surface area contributed by atoms with Crippen LogP contribution in [0.5, 0.6) is 0 Å². The Labute approximate surface area is 132 Å². The van der Waals surface area contributed by atoms with Crippen LogP contribution in [0.1, 0.15) is 49.9 Å². The van der Waals surface area contributed by atoms with Crippen molar-refractivity contribution < 1.29 is 13.2 Å². The molecule has 0 saturated heterocycles. The lowest BCUT2D eigenvalue weighted by molar-refractivity contribution is 0.0762. The molecule has 1 aromatic rings. The average Bonchev–Trinajstić information content (AvgIpc) is 3.31. The molecule has 1 aromatic carbocycles. The molecule has 1 fully saturated rings. The van der Waals surface area contributed by atoms with Crippen molar-refractivity contribution in [3.63, 3.8) is 0 Å². The number of nitrogens with one attached hydrogen (secondary N) is 1. The van der Waals surface area contributed by atoms with Crippen LogP contribution in [0.2, 0.25) is 0 Å². The number of benzene rings is 1. The fraction of sp³-hybridized carbons (Fsp3) is 0.562. The Morgan fingerprint density at radius 1 is 1.23 bits per heavy atom. The third-order valence-corrected chi connectivity index (χ3v) is 5.30. The maximum atomic E-state index is 12.4. The van der Waals surface area contributed by atoms with Crippen LogP contribution in [0.25, 0.3) is 0 Å². The van der Waals surface area contributed by atoms with Gasteiger partial charge in [0, 0.05) is 24.7 Å². The number of sulfonamides is 1. The molecule has 1 aliphatic rings. The van der Waals surface area contributed by atoms with E-state index in [0.717, 1.165) is 32.2 Å². The minimum Gasteiger partial charge on any atom is -0.339 e. The fourth-order valence-corrected chi connectivity index (χ4v) is 3.51. The van der Waals surface area contributed by atoms with Gasteiger partial charge in [-0.3, -0.25) is 4.79 Å². The molecule has 1 N–H and O–H groups in total. The molecule has 0 aromatic heterocycles. The summed E-state index contributed by atoms with van der Waals surface area (Å²) >= 11 is 0. The first-order valence-electron chi connectivity index (χ1n) is 7.89. The van der Waals surface area contributed by atoms with Crippen molar-refractivity contribution in [1.29, 1.82) is 0 Å². The molecule has 0 aliphatic heterocycles. The Morgan fingerprint density at radius 2 is 1.86 bits per heavy atom. The molecule has 0 spiro atoms. The third kappa shape index (κ3) is 4.30. The highest BCUT2D eigenvalue weighted by molar-refractivity contribution is 7.89. The number of hydrogen-bond donors (Lipinski definition) is 1. The highest BCUT2D eigenvalue weighted by Crippen LogP contribution is 2.22. The van der Waals surface area contributed by atoms with E-state index in [0.29, 0.717) is 12.1 Å². The van der Waals surface area contributed by atoms with Gasteiger partial charge >= 0.3 is 0 Å². The van der Waals surface area contributed by atoms with E-state index in [2.05, 4.69) is 11.6 Å².